The summed E-state index contributed by atoms with van der Waals surface area (Å²) in [5.74, 6) is 0.903. The number of fused-ring (bicyclic) bond motifs is 1. The van der Waals surface area contributed by atoms with Gasteiger partial charge in [0.25, 0.3) is 5.56 Å². The normalized spacial score (nSPS) is 15.7. The number of hydrogen-bond donors (Lipinski definition) is 2. The summed E-state index contributed by atoms with van der Waals surface area (Å²) in [4.78, 5) is 36.5. The van der Waals surface area contributed by atoms with E-state index in [9.17, 15) is 9.59 Å². The average Bonchev–Trinajstić information content (AvgIpc) is 3.01. The highest BCUT2D eigenvalue weighted by molar-refractivity contribution is 5.72. The molecule has 0 spiro atoms. The molecule has 7 nitrogen and oxygen atoms in total. The van der Waals surface area contributed by atoms with Gasteiger partial charge in [-0.15, -0.1) is 0 Å². The van der Waals surface area contributed by atoms with Crippen LogP contribution in [-0.4, -0.2) is 32.6 Å². The van der Waals surface area contributed by atoms with E-state index in [0.29, 0.717) is 23.7 Å². The van der Waals surface area contributed by atoms with Gasteiger partial charge in [-0.1, -0.05) is 13.8 Å². The number of rotatable bonds is 3. The molecule has 0 bridgehead atoms. The van der Waals surface area contributed by atoms with E-state index in [4.69, 9.17) is 0 Å². The number of imidazole rings is 1. The smallest absolute Gasteiger partial charge is 0.330 e. The summed E-state index contributed by atoms with van der Waals surface area (Å²) >= 11 is 0. The molecule has 20 heavy (non-hydrogen) atoms. The van der Waals surface area contributed by atoms with E-state index < -0.39 is 5.69 Å². The quantitative estimate of drug-likeness (QED) is 0.863. The van der Waals surface area contributed by atoms with Crippen LogP contribution < -0.4 is 16.1 Å². The minimum Gasteiger partial charge on any atom is -0.342 e. The van der Waals surface area contributed by atoms with Gasteiger partial charge >= 0.3 is 5.69 Å². The van der Waals surface area contributed by atoms with E-state index in [1.165, 1.54) is 4.57 Å². The van der Waals surface area contributed by atoms with Crippen molar-refractivity contribution in [3.05, 3.63) is 20.8 Å². The van der Waals surface area contributed by atoms with Gasteiger partial charge in [-0.05, 0) is 18.8 Å². The second-order valence-corrected chi connectivity index (χ2v) is 5.72. The number of aromatic nitrogens is 4. The molecule has 0 unspecified atom stereocenters. The highest BCUT2D eigenvalue weighted by atomic mass is 16.2. The maximum absolute atomic E-state index is 12.4. The summed E-state index contributed by atoms with van der Waals surface area (Å²) in [6, 6.07) is 0. The molecule has 2 aromatic rings. The number of H-pyrrole nitrogens is 2. The largest absolute Gasteiger partial charge is 0.342 e. The molecule has 0 aromatic carbocycles. The van der Waals surface area contributed by atoms with Gasteiger partial charge in [0.2, 0.25) is 5.95 Å². The summed E-state index contributed by atoms with van der Waals surface area (Å²) in [7, 11) is 0. The van der Waals surface area contributed by atoms with Crippen LogP contribution in [0.5, 0.6) is 0 Å². The summed E-state index contributed by atoms with van der Waals surface area (Å²) in [6.45, 7) is 6.22. The number of aromatic amines is 2. The summed E-state index contributed by atoms with van der Waals surface area (Å²) in [5, 5.41) is 0. The van der Waals surface area contributed by atoms with Crippen molar-refractivity contribution in [3.8, 4) is 0 Å². The van der Waals surface area contributed by atoms with E-state index in [2.05, 4.69) is 19.9 Å². The Kier molecular flexibility index (Phi) is 3.11. The van der Waals surface area contributed by atoms with Crippen LogP contribution in [0.3, 0.4) is 0 Å². The molecule has 0 radical (unpaired) electrons. The Balaban J connectivity index is 2.12. The van der Waals surface area contributed by atoms with Gasteiger partial charge in [-0.2, -0.15) is 4.98 Å². The molecular weight excluding hydrogens is 258 g/mol. The molecule has 2 aromatic heterocycles. The fourth-order valence-electron chi connectivity index (χ4n) is 2.61. The van der Waals surface area contributed by atoms with E-state index in [0.717, 1.165) is 25.9 Å². The molecule has 108 valence electrons. The van der Waals surface area contributed by atoms with E-state index in [1.807, 2.05) is 13.8 Å². The summed E-state index contributed by atoms with van der Waals surface area (Å²) in [6.07, 6.45) is 2.26. The van der Waals surface area contributed by atoms with Gasteiger partial charge in [-0.25, -0.2) is 4.79 Å². The second-order valence-electron chi connectivity index (χ2n) is 5.72. The van der Waals surface area contributed by atoms with Crippen LogP contribution in [0, 0.1) is 5.92 Å². The van der Waals surface area contributed by atoms with Crippen LogP contribution in [-0.2, 0) is 6.54 Å². The molecule has 1 saturated heterocycles. The SMILES string of the molecule is CC(C)Cn1c(=O)[nH]c2nc(N3CCCC3)[nH]c2c1=O. The predicted molar refractivity (Wildman–Crippen MR) is 77.3 cm³/mol. The number of nitrogens with one attached hydrogen (secondary N) is 2. The lowest BCUT2D eigenvalue weighted by Crippen LogP contribution is -2.36. The topological polar surface area (TPSA) is 86.8 Å². The minimum absolute atomic E-state index is 0.229. The molecular formula is C13H19N5O2. The number of nitrogens with zero attached hydrogens (tertiary/aromatic N) is 3. The Hall–Kier alpha value is -2.05. The molecule has 1 fully saturated rings. The first-order valence-corrected chi connectivity index (χ1v) is 7.04. The van der Waals surface area contributed by atoms with Gasteiger partial charge in [0, 0.05) is 19.6 Å². The van der Waals surface area contributed by atoms with Crippen molar-refractivity contribution >= 4 is 17.1 Å². The highest BCUT2D eigenvalue weighted by Crippen LogP contribution is 2.17. The van der Waals surface area contributed by atoms with Gasteiger partial charge < -0.3 is 9.88 Å². The van der Waals surface area contributed by atoms with E-state index in [1.54, 1.807) is 0 Å². The first-order chi connectivity index (χ1) is 9.56. The zero-order valence-corrected chi connectivity index (χ0v) is 11.8. The Labute approximate surface area is 115 Å². The second kappa shape index (κ2) is 4.81. The van der Waals surface area contributed by atoms with Crippen molar-refractivity contribution in [2.24, 2.45) is 5.92 Å². The molecule has 3 rings (SSSR count). The zero-order valence-electron chi connectivity index (χ0n) is 11.8. The molecule has 7 heteroatoms. The van der Waals surface area contributed by atoms with Crippen LogP contribution in [0.15, 0.2) is 9.59 Å². The molecule has 3 heterocycles. The lowest BCUT2D eigenvalue weighted by atomic mass is 10.2. The van der Waals surface area contributed by atoms with E-state index >= 15 is 0 Å². The van der Waals surface area contributed by atoms with Crippen LogP contribution in [0.4, 0.5) is 5.95 Å². The third-order valence-electron chi connectivity index (χ3n) is 3.57. The van der Waals surface area contributed by atoms with Crippen molar-refractivity contribution in [2.45, 2.75) is 33.2 Å². The minimum atomic E-state index is -0.393. The Morgan fingerprint density at radius 1 is 1.20 bits per heavy atom. The van der Waals surface area contributed by atoms with Gasteiger partial charge in [0.1, 0.15) is 0 Å². The van der Waals surface area contributed by atoms with Crippen LogP contribution in [0.25, 0.3) is 11.2 Å². The fraction of sp³-hybridized carbons (Fsp3) is 0.615. The van der Waals surface area contributed by atoms with Crippen molar-refractivity contribution < 1.29 is 0 Å². The third kappa shape index (κ3) is 2.13. The Morgan fingerprint density at radius 2 is 1.90 bits per heavy atom. The summed E-state index contributed by atoms with van der Waals surface area (Å²) in [5.41, 5.74) is 0.0418. The molecule has 2 N–H and O–H groups in total. The number of hydrogen-bond acceptors (Lipinski definition) is 4. The summed E-state index contributed by atoms with van der Waals surface area (Å²) < 4.78 is 1.24. The zero-order chi connectivity index (χ0) is 14.3. The molecule has 1 aliphatic heterocycles. The maximum atomic E-state index is 12.4. The Morgan fingerprint density at radius 3 is 2.55 bits per heavy atom. The first kappa shape index (κ1) is 13.0. The lowest BCUT2D eigenvalue weighted by molar-refractivity contribution is 0.495. The third-order valence-corrected chi connectivity index (χ3v) is 3.57. The highest BCUT2D eigenvalue weighted by Gasteiger charge is 2.18. The number of anilines is 1. The predicted octanol–water partition coefficient (Wildman–Crippen LogP) is 0.669. The standard InChI is InChI=1S/C13H19N5O2/c1-8(2)7-18-11(19)9-10(16-13(18)20)15-12(14-9)17-5-3-4-6-17/h8H,3-7H2,1-2H3,(H,14,15)(H,16,20). The van der Waals surface area contributed by atoms with E-state index in [-0.39, 0.29) is 11.5 Å². The average molecular weight is 277 g/mol. The molecule has 0 amide bonds. The maximum Gasteiger partial charge on any atom is 0.330 e. The van der Waals surface area contributed by atoms with Crippen LogP contribution >= 0.6 is 0 Å². The Bertz CT molecular complexity index is 733. The van der Waals surface area contributed by atoms with Gasteiger partial charge in [0.15, 0.2) is 11.2 Å². The lowest BCUT2D eigenvalue weighted by Gasteiger charge is -2.12. The van der Waals surface area contributed by atoms with Gasteiger partial charge in [-0.3, -0.25) is 14.3 Å². The molecule has 0 aliphatic carbocycles. The molecule has 0 atom stereocenters. The van der Waals surface area contributed by atoms with Crippen LogP contribution in [0.2, 0.25) is 0 Å². The molecule has 1 aliphatic rings. The monoisotopic (exact) mass is 277 g/mol. The van der Waals surface area contributed by atoms with Gasteiger partial charge in [0.05, 0.1) is 0 Å². The van der Waals surface area contributed by atoms with Crippen molar-refractivity contribution in [3.63, 3.8) is 0 Å². The van der Waals surface area contributed by atoms with Crippen molar-refractivity contribution in [1.29, 1.82) is 0 Å². The molecule has 0 saturated carbocycles. The van der Waals surface area contributed by atoms with Crippen molar-refractivity contribution in [1.82, 2.24) is 19.5 Å². The fourth-order valence-corrected chi connectivity index (χ4v) is 2.61. The first-order valence-electron chi connectivity index (χ1n) is 7.04. The van der Waals surface area contributed by atoms with Crippen LogP contribution in [0.1, 0.15) is 26.7 Å². The van der Waals surface area contributed by atoms with Crippen molar-refractivity contribution in [2.75, 3.05) is 18.0 Å².